The fourth-order valence-corrected chi connectivity index (χ4v) is 5.06. The van der Waals surface area contributed by atoms with Gasteiger partial charge in [0.1, 0.15) is 5.82 Å². The number of halogens is 1. The summed E-state index contributed by atoms with van der Waals surface area (Å²) in [6, 6.07) is 5.93. The molecule has 0 radical (unpaired) electrons. The topological polar surface area (TPSA) is 81.2 Å². The van der Waals surface area contributed by atoms with Crippen LogP contribution in [-0.2, 0) is 14.4 Å². The number of amides is 1. The molecular weight excluding hydrogens is 457 g/mol. The molecule has 3 aliphatic rings. The molecule has 0 bridgehead atoms. The first-order valence-electron chi connectivity index (χ1n) is 11.9. The van der Waals surface area contributed by atoms with Crippen molar-refractivity contribution in [3.8, 4) is 0 Å². The molecule has 3 fully saturated rings. The summed E-state index contributed by atoms with van der Waals surface area (Å²) in [6.45, 7) is 3.40. The van der Waals surface area contributed by atoms with E-state index in [-0.39, 0.29) is 41.6 Å². The van der Waals surface area contributed by atoms with Gasteiger partial charge >= 0.3 is 5.97 Å². The number of nitrogens with zero attached hydrogens (tertiary/aromatic N) is 3. The van der Waals surface area contributed by atoms with Crippen LogP contribution in [0.15, 0.2) is 35.9 Å². The number of hydrogen-bond acceptors (Lipinski definition) is 6. The first-order chi connectivity index (χ1) is 16.3. The number of piperidine rings is 1. The Bertz CT molecular complexity index is 967. The fourth-order valence-electron chi connectivity index (χ4n) is 4.75. The number of carbonyl (C=O) groups is 3. The molecule has 2 atom stereocenters. The molecule has 0 spiro atoms. The van der Waals surface area contributed by atoms with E-state index in [2.05, 4.69) is 4.90 Å². The molecule has 34 heavy (non-hydrogen) atoms. The molecule has 1 amide bonds. The van der Waals surface area contributed by atoms with Crippen LogP contribution in [0.5, 0.6) is 0 Å². The van der Waals surface area contributed by atoms with Crippen molar-refractivity contribution in [3.63, 3.8) is 0 Å². The largest absolute Gasteiger partial charge is 0.481 e. The first-order valence-corrected chi connectivity index (χ1v) is 12.5. The Balaban J connectivity index is 1.43. The van der Waals surface area contributed by atoms with Crippen LogP contribution in [-0.4, -0.2) is 88.5 Å². The minimum atomic E-state index is -0.866. The highest BCUT2D eigenvalue weighted by Gasteiger charge is 2.40. The lowest BCUT2D eigenvalue weighted by Gasteiger charge is -2.38. The lowest BCUT2D eigenvalue weighted by Crippen LogP contribution is -2.50. The van der Waals surface area contributed by atoms with E-state index in [1.54, 1.807) is 23.1 Å². The van der Waals surface area contributed by atoms with Crippen LogP contribution in [0.4, 0.5) is 4.39 Å². The predicted octanol–water partition coefficient (Wildman–Crippen LogP) is 2.40. The van der Waals surface area contributed by atoms with Crippen molar-refractivity contribution in [1.82, 2.24) is 14.7 Å². The summed E-state index contributed by atoms with van der Waals surface area (Å²) in [5.74, 6) is -1.14. The molecular formula is C25H32FN3O4S. The number of ketones is 1. The zero-order valence-electron chi connectivity index (χ0n) is 19.2. The summed E-state index contributed by atoms with van der Waals surface area (Å²) in [5, 5.41) is 8.88. The standard InChI is InChI=1S/C25H32FN3O4S/c26-20-4-2-1-3-19(20)24(25(33)17-5-6-17)29-12-8-21(34)18(15-29)7-11-28-14-13-27(16-22(28)30)10-9-23(31)32/h1-4,7,17,21,24,34H,5-6,8-16H2,(H,31,32). The van der Waals surface area contributed by atoms with Crippen molar-refractivity contribution < 1.29 is 23.9 Å². The molecule has 1 N–H and O–H groups in total. The molecule has 2 heterocycles. The molecule has 2 aliphatic heterocycles. The van der Waals surface area contributed by atoms with Gasteiger partial charge in [-0.25, -0.2) is 4.39 Å². The molecule has 184 valence electrons. The molecule has 2 saturated heterocycles. The van der Waals surface area contributed by atoms with Crippen LogP contribution in [0.3, 0.4) is 0 Å². The van der Waals surface area contributed by atoms with Crippen LogP contribution in [0.2, 0.25) is 0 Å². The van der Waals surface area contributed by atoms with E-state index < -0.39 is 12.0 Å². The van der Waals surface area contributed by atoms with E-state index in [9.17, 15) is 18.8 Å². The van der Waals surface area contributed by atoms with Gasteiger partial charge in [0, 0.05) is 56.0 Å². The van der Waals surface area contributed by atoms with Gasteiger partial charge in [-0.1, -0.05) is 24.3 Å². The third-order valence-electron chi connectivity index (χ3n) is 6.93. The van der Waals surface area contributed by atoms with Crippen LogP contribution >= 0.6 is 12.6 Å². The number of carboxylic acids is 1. The maximum atomic E-state index is 14.7. The van der Waals surface area contributed by atoms with E-state index in [0.717, 1.165) is 24.8 Å². The number of carbonyl (C=O) groups excluding carboxylic acids is 2. The molecule has 4 rings (SSSR count). The smallest absolute Gasteiger partial charge is 0.304 e. The van der Waals surface area contributed by atoms with Gasteiger partial charge in [0.15, 0.2) is 5.78 Å². The second-order valence-corrected chi connectivity index (χ2v) is 10.0. The lowest BCUT2D eigenvalue weighted by molar-refractivity contribution is -0.140. The average Bonchev–Trinajstić information content (AvgIpc) is 3.65. The Morgan fingerprint density at radius 3 is 2.59 bits per heavy atom. The highest BCUT2D eigenvalue weighted by Crippen LogP contribution is 2.39. The average molecular weight is 490 g/mol. The summed E-state index contributed by atoms with van der Waals surface area (Å²) in [6.07, 6.45) is 4.53. The summed E-state index contributed by atoms with van der Waals surface area (Å²) >= 11 is 4.74. The normalized spacial score (nSPS) is 24.4. The number of thiol groups is 1. The van der Waals surface area contributed by atoms with Crippen LogP contribution in [0, 0.1) is 11.7 Å². The van der Waals surface area contributed by atoms with Gasteiger partial charge in [0.2, 0.25) is 5.91 Å². The Morgan fingerprint density at radius 2 is 1.91 bits per heavy atom. The maximum Gasteiger partial charge on any atom is 0.304 e. The van der Waals surface area contributed by atoms with E-state index >= 15 is 0 Å². The monoisotopic (exact) mass is 489 g/mol. The number of benzene rings is 1. The van der Waals surface area contributed by atoms with Crippen molar-refractivity contribution in [2.45, 2.75) is 37.0 Å². The van der Waals surface area contributed by atoms with Crippen molar-refractivity contribution >= 4 is 30.3 Å². The Hall–Kier alpha value is -2.23. The first kappa shape index (κ1) is 24.9. The number of aliphatic carboxylic acids is 1. The van der Waals surface area contributed by atoms with Crippen LogP contribution in [0.25, 0.3) is 0 Å². The molecule has 1 saturated carbocycles. The molecule has 1 aliphatic carbocycles. The van der Waals surface area contributed by atoms with Gasteiger partial charge in [-0.3, -0.25) is 24.2 Å². The number of likely N-dealkylation sites (tertiary alicyclic amines) is 1. The summed E-state index contributed by atoms with van der Waals surface area (Å²) in [4.78, 5) is 42.2. The molecule has 2 unspecified atom stereocenters. The van der Waals surface area contributed by atoms with Crippen molar-refractivity contribution in [1.29, 1.82) is 0 Å². The van der Waals surface area contributed by atoms with E-state index in [4.69, 9.17) is 17.7 Å². The maximum absolute atomic E-state index is 14.7. The van der Waals surface area contributed by atoms with E-state index in [1.807, 2.05) is 11.0 Å². The quantitative estimate of drug-likeness (QED) is 0.410. The van der Waals surface area contributed by atoms with Crippen molar-refractivity contribution in [2.24, 2.45) is 5.92 Å². The minimum absolute atomic E-state index is 0.0146. The van der Waals surface area contributed by atoms with Crippen LogP contribution < -0.4 is 0 Å². The molecule has 1 aromatic rings. The second-order valence-electron chi connectivity index (χ2n) is 9.41. The number of Topliss-reactive ketones (excluding diaryl/α,β-unsaturated/α-hetero) is 1. The number of piperazine rings is 1. The molecule has 1 aromatic carbocycles. The van der Waals surface area contributed by atoms with Gasteiger partial charge < -0.3 is 10.0 Å². The molecule has 9 heteroatoms. The Morgan fingerprint density at radius 1 is 1.15 bits per heavy atom. The number of hydrogen-bond donors (Lipinski definition) is 2. The predicted molar refractivity (Wildman–Crippen MR) is 129 cm³/mol. The third-order valence-corrected chi connectivity index (χ3v) is 7.52. The lowest BCUT2D eigenvalue weighted by atomic mass is 9.93. The summed E-state index contributed by atoms with van der Waals surface area (Å²) < 4.78 is 14.7. The summed E-state index contributed by atoms with van der Waals surface area (Å²) in [7, 11) is 0. The Labute approximate surface area is 205 Å². The zero-order chi connectivity index (χ0) is 24.2. The highest BCUT2D eigenvalue weighted by atomic mass is 32.1. The van der Waals surface area contributed by atoms with E-state index in [1.165, 1.54) is 6.07 Å². The van der Waals surface area contributed by atoms with Crippen molar-refractivity contribution in [3.05, 3.63) is 47.3 Å². The molecule has 7 nitrogen and oxygen atoms in total. The fraction of sp³-hybridized carbons (Fsp3) is 0.560. The highest BCUT2D eigenvalue weighted by molar-refractivity contribution is 7.81. The summed E-state index contributed by atoms with van der Waals surface area (Å²) in [5.41, 5.74) is 1.48. The Kier molecular flexibility index (Phi) is 8.06. The van der Waals surface area contributed by atoms with Crippen molar-refractivity contribution in [2.75, 3.05) is 45.8 Å². The number of carboxylic acid groups (broad SMARTS) is 1. The van der Waals surface area contributed by atoms with Gasteiger partial charge in [0.05, 0.1) is 19.0 Å². The van der Waals surface area contributed by atoms with Crippen LogP contribution in [0.1, 0.15) is 37.3 Å². The van der Waals surface area contributed by atoms with E-state index in [0.29, 0.717) is 44.8 Å². The van der Waals surface area contributed by atoms with Gasteiger partial charge in [-0.05, 0) is 30.9 Å². The SMILES string of the molecule is O=C(O)CCN1CCN(CC=C2CN(C(C(=O)C3CC3)c3ccccc3F)CCC2S)C(=O)C1. The second kappa shape index (κ2) is 11.0. The van der Waals surface area contributed by atoms with Gasteiger partial charge in [0.25, 0.3) is 0 Å². The zero-order valence-corrected chi connectivity index (χ0v) is 20.1. The van der Waals surface area contributed by atoms with Gasteiger partial charge in [-0.15, -0.1) is 0 Å². The molecule has 0 aromatic heterocycles. The minimum Gasteiger partial charge on any atom is -0.481 e. The van der Waals surface area contributed by atoms with Gasteiger partial charge in [-0.2, -0.15) is 12.6 Å². The number of rotatable bonds is 9. The third kappa shape index (κ3) is 6.06.